The van der Waals surface area contributed by atoms with Gasteiger partial charge in [-0.05, 0) is 0 Å². The summed E-state index contributed by atoms with van der Waals surface area (Å²) >= 11 is 0. The molecule has 0 saturated heterocycles. The number of nitrogens with one attached hydrogen (secondary N) is 1. The van der Waals surface area contributed by atoms with E-state index in [4.69, 9.17) is 5.73 Å². The van der Waals surface area contributed by atoms with Crippen LogP contribution in [0.1, 0.15) is 11.5 Å². The quantitative estimate of drug-likeness (QED) is 0.889. The molecule has 2 rings (SSSR count). The summed E-state index contributed by atoms with van der Waals surface area (Å²) < 4.78 is 39.5. The number of halogens is 3. The van der Waals surface area contributed by atoms with Gasteiger partial charge in [-0.25, -0.2) is 9.97 Å². The van der Waals surface area contributed by atoms with Gasteiger partial charge in [-0.3, -0.25) is 0 Å². The van der Waals surface area contributed by atoms with Gasteiger partial charge in [0.2, 0.25) is 5.95 Å². The van der Waals surface area contributed by atoms with Crippen LogP contribution in [0.3, 0.4) is 0 Å². The van der Waals surface area contributed by atoms with Gasteiger partial charge in [0.15, 0.2) is 5.69 Å². The summed E-state index contributed by atoms with van der Waals surface area (Å²) in [5.74, 6) is 0.439. The maximum absolute atomic E-state index is 12.6. The third kappa shape index (κ3) is 3.37. The van der Waals surface area contributed by atoms with Crippen LogP contribution >= 0.6 is 0 Å². The molecule has 6 nitrogen and oxygen atoms in total. The van der Waals surface area contributed by atoms with Crippen LogP contribution in [0.2, 0.25) is 0 Å². The maximum atomic E-state index is 12.6. The number of alkyl halides is 3. The highest BCUT2D eigenvalue weighted by Gasteiger charge is 2.33. The number of nitrogen functional groups attached to an aromatic ring is 1. The van der Waals surface area contributed by atoms with Crippen molar-refractivity contribution in [3.05, 3.63) is 30.0 Å². The van der Waals surface area contributed by atoms with Gasteiger partial charge in [-0.2, -0.15) is 18.2 Å². The molecule has 2 aromatic heterocycles. The lowest BCUT2D eigenvalue weighted by Gasteiger charge is -2.10. The third-order valence-electron chi connectivity index (χ3n) is 2.61. The zero-order valence-electron chi connectivity index (χ0n) is 10.6. The monoisotopic (exact) mass is 286 g/mol. The molecule has 0 amide bonds. The Balaban J connectivity index is 2.03. The second kappa shape index (κ2) is 5.35. The minimum Gasteiger partial charge on any atom is -0.369 e. The zero-order chi connectivity index (χ0) is 14.8. The largest absolute Gasteiger partial charge is 0.433 e. The van der Waals surface area contributed by atoms with Gasteiger partial charge >= 0.3 is 6.18 Å². The van der Waals surface area contributed by atoms with E-state index < -0.39 is 17.8 Å². The van der Waals surface area contributed by atoms with E-state index in [0.29, 0.717) is 13.0 Å². The standard InChI is InChI=1S/C11H13F3N6/c1-20-5-4-17-9(20)2-3-16-8-6-7(11(12,13)14)18-10(15)19-8/h4-6H,2-3H2,1H3,(H3,15,16,18,19). The summed E-state index contributed by atoms with van der Waals surface area (Å²) in [4.78, 5) is 11.0. The molecule has 3 N–H and O–H groups in total. The second-order valence-electron chi connectivity index (χ2n) is 4.13. The number of imidazole rings is 1. The summed E-state index contributed by atoms with van der Waals surface area (Å²) in [5.41, 5.74) is 4.20. The highest BCUT2D eigenvalue weighted by atomic mass is 19.4. The molecule has 0 aromatic carbocycles. The molecule has 2 aromatic rings. The number of rotatable bonds is 4. The molecule has 9 heteroatoms. The van der Waals surface area contributed by atoms with E-state index in [-0.39, 0.29) is 5.82 Å². The summed E-state index contributed by atoms with van der Waals surface area (Å²) in [5, 5.41) is 2.78. The minimum absolute atomic E-state index is 0.0408. The van der Waals surface area contributed by atoms with E-state index in [9.17, 15) is 13.2 Å². The molecular formula is C11H13F3N6. The van der Waals surface area contributed by atoms with Gasteiger partial charge < -0.3 is 15.6 Å². The first-order valence-electron chi connectivity index (χ1n) is 5.78. The molecule has 0 spiro atoms. The number of nitrogens with zero attached hydrogens (tertiary/aromatic N) is 4. The first kappa shape index (κ1) is 14.1. The lowest BCUT2D eigenvalue weighted by atomic mass is 10.3. The molecule has 0 aliphatic heterocycles. The summed E-state index contributed by atoms with van der Waals surface area (Å²) in [6, 6.07) is 0.828. The van der Waals surface area contributed by atoms with E-state index >= 15 is 0 Å². The zero-order valence-corrected chi connectivity index (χ0v) is 10.6. The summed E-state index contributed by atoms with van der Waals surface area (Å²) in [6.45, 7) is 0.388. The first-order chi connectivity index (χ1) is 9.36. The topological polar surface area (TPSA) is 81.7 Å². The molecule has 0 radical (unpaired) electrons. The number of anilines is 2. The highest BCUT2D eigenvalue weighted by Crippen LogP contribution is 2.29. The fourth-order valence-electron chi connectivity index (χ4n) is 1.64. The third-order valence-corrected chi connectivity index (χ3v) is 2.61. The average Bonchev–Trinajstić information content (AvgIpc) is 2.73. The molecule has 108 valence electrons. The molecular weight excluding hydrogens is 273 g/mol. The fraction of sp³-hybridized carbons (Fsp3) is 0.364. The van der Waals surface area contributed by atoms with Crippen molar-refractivity contribution in [3.8, 4) is 0 Å². The van der Waals surface area contributed by atoms with Crippen LogP contribution < -0.4 is 11.1 Å². The molecule has 2 heterocycles. The van der Waals surface area contributed by atoms with Crippen molar-refractivity contribution in [2.24, 2.45) is 7.05 Å². The number of hydrogen-bond donors (Lipinski definition) is 2. The first-order valence-corrected chi connectivity index (χ1v) is 5.78. The second-order valence-corrected chi connectivity index (χ2v) is 4.13. The Morgan fingerprint density at radius 3 is 2.70 bits per heavy atom. The van der Waals surface area contributed by atoms with E-state index in [1.165, 1.54) is 0 Å². The van der Waals surface area contributed by atoms with Crippen molar-refractivity contribution in [1.29, 1.82) is 0 Å². The van der Waals surface area contributed by atoms with Crippen molar-refractivity contribution in [2.45, 2.75) is 12.6 Å². The fourth-order valence-corrected chi connectivity index (χ4v) is 1.64. The van der Waals surface area contributed by atoms with Crippen molar-refractivity contribution >= 4 is 11.8 Å². The maximum Gasteiger partial charge on any atom is 0.433 e. The van der Waals surface area contributed by atoms with E-state index in [2.05, 4.69) is 20.3 Å². The van der Waals surface area contributed by atoms with Crippen LogP contribution in [0, 0.1) is 0 Å². The molecule has 0 atom stereocenters. The van der Waals surface area contributed by atoms with E-state index in [1.807, 2.05) is 11.6 Å². The molecule has 0 aliphatic rings. The van der Waals surface area contributed by atoms with Crippen molar-refractivity contribution in [1.82, 2.24) is 19.5 Å². The molecule has 0 aliphatic carbocycles. The van der Waals surface area contributed by atoms with Crippen molar-refractivity contribution in [2.75, 3.05) is 17.6 Å². The Hall–Kier alpha value is -2.32. The van der Waals surface area contributed by atoms with E-state index in [0.717, 1.165) is 11.9 Å². The SMILES string of the molecule is Cn1ccnc1CCNc1cc(C(F)(F)F)nc(N)n1. The predicted octanol–water partition coefficient (Wildman–Crippen LogP) is 1.47. The van der Waals surface area contributed by atoms with Gasteiger partial charge in [-0.1, -0.05) is 0 Å². The Morgan fingerprint density at radius 2 is 2.10 bits per heavy atom. The summed E-state index contributed by atoms with van der Waals surface area (Å²) in [7, 11) is 1.84. The molecule has 0 saturated carbocycles. The Kier molecular flexibility index (Phi) is 3.77. The van der Waals surface area contributed by atoms with Gasteiger partial charge in [0.1, 0.15) is 11.6 Å². The Labute approximate surface area is 112 Å². The van der Waals surface area contributed by atoms with Crippen LogP contribution in [0.15, 0.2) is 18.5 Å². The number of nitrogens with two attached hydrogens (primary N) is 1. The lowest BCUT2D eigenvalue weighted by Crippen LogP contribution is -2.14. The normalized spacial score (nSPS) is 11.6. The van der Waals surface area contributed by atoms with Crippen LogP contribution in [-0.2, 0) is 19.6 Å². The van der Waals surface area contributed by atoms with E-state index in [1.54, 1.807) is 12.4 Å². The lowest BCUT2D eigenvalue weighted by molar-refractivity contribution is -0.141. The smallest absolute Gasteiger partial charge is 0.369 e. The van der Waals surface area contributed by atoms with Crippen molar-refractivity contribution < 1.29 is 13.2 Å². The molecule has 0 bridgehead atoms. The number of aromatic nitrogens is 4. The highest BCUT2D eigenvalue weighted by molar-refractivity contribution is 5.41. The van der Waals surface area contributed by atoms with Crippen LogP contribution in [0.5, 0.6) is 0 Å². The minimum atomic E-state index is -4.55. The van der Waals surface area contributed by atoms with Gasteiger partial charge in [-0.15, -0.1) is 0 Å². The summed E-state index contributed by atoms with van der Waals surface area (Å²) in [6.07, 6.45) is -0.554. The molecule has 0 unspecified atom stereocenters. The van der Waals surface area contributed by atoms with Crippen LogP contribution in [0.25, 0.3) is 0 Å². The van der Waals surface area contributed by atoms with Crippen LogP contribution in [-0.4, -0.2) is 26.1 Å². The van der Waals surface area contributed by atoms with Gasteiger partial charge in [0, 0.05) is 38.5 Å². The molecule has 20 heavy (non-hydrogen) atoms. The van der Waals surface area contributed by atoms with Gasteiger partial charge in [0.05, 0.1) is 0 Å². The van der Waals surface area contributed by atoms with Crippen molar-refractivity contribution in [3.63, 3.8) is 0 Å². The van der Waals surface area contributed by atoms with Crippen LogP contribution in [0.4, 0.5) is 24.9 Å². The number of hydrogen-bond acceptors (Lipinski definition) is 5. The predicted molar refractivity (Wildman–Crippen MR) is 66.8 cm³/mol. The Bertz CT molecular complexity index is 592. The molecule has 0 fully saturated rings. The average molecular weight is 286 g/mol. The Morgan fingerprint density at radius 1 is 1.35 bits per heavy atom. The number of aryl methyl sites for hydroxylation is 1. The van der Waals surface area contributed by atoms with Gasteiger partial charge in [0.25, 0.3) is 0 Å².